The summed E-state index contributed by atoms with van der Waals surface area (Å²) in [6.45, 7) is 2.55. The molecule has 4 heteroatoms. The van der Waals surface area contributed by atoms with Gasteiger partial charge < -0.3 is 14.5 Å². The van der Waals surface area contributed by atoms with Crippen molar-refractivity contribution in [1.82, 2.24) is 4.98 Å². The average Bonchev–Trinajstić information content (AvgIpc) is 2.84. The monoisotopic (exact) mass is 268 g/mol. The second-order valence-corrected chi connectivity index (χ2v) is 4.58. The minimum Gasteiger partial charge on any atom is -0.496 e. The first-order chi connectivity index (χ1) is 9.76. The number of hydrogen-bond donors (Lipinski definition) is 1. The lowest BCUT2D eigenvalue weighted by molar-refractivity contribution is 0.410. The third-order valence-electron chi connectivity index (χ3n) is 3.17. The summed E-state index contributed by atoms with van der Waals surface area (Å²) in [5.41, 5.74) is 3.81. The van der Waals surface area contributed by atoms with Crippen LogP contribution in [-0.2, 0) is 6.54 Å². The lowest BCUT2D eigenvalue weighted by Gasteiger charge is -2.10. The number of nitrogens with one attached hydrogen (secondary N) is 1. The Morgan fingerprint density at radius 1 is 1.20 bits per heavy atom. The van der Waals surface area contributed by atoms with Gasteiger partial charge in [0.25, 0.3) is 0 Å². The molecule has 0 unspecified atom stereocenters. The molecule has 4 nitrogen and oxygen atoms in total. The van der Waals surface area contributed by atoms with Gasteiger partial charge in [-0.25, -0.2) is 4.98 Å². The Morgan fingerprint density at radius 3 is 2.90 bits per heavy atom. The fourth-order valence-corrected chi connectivity index (χ4v) is 2.20. The Labute approximate surface area is 117 Å². The molecule has 0 aliphatic rings. The highest BCUT2D eigenvalue weighted by Crippen LogP contribution is 2.22. The highest BCUT2D eigenvalue weighted by atomic mass is 16.5. The molecule has 0 atom stereocenters. The van der Waals surface area contributed by atoms with E-state index in [4.69, 9.17) is 9.15 Å². The number of aromatic nitrogens is 1. The summed E-state index contributed by atoms with van der Waals surface area (Å²) in [5, 5.41) is 3.38. The zero-order valence-electron chi connectivity index (χ0n) is 11.5. The van der Waals surface area contributed by atoms with E-state index < -0.39 is 0 Å². The van der Waals surface area contributed by atoms with Crippen molar-refractivity contribution in [2.24, 2.45) is 0 Å². The number of oxazole rings is 1. The second kappa shape index (κ2) is 5.25. The van der Waals surface area contributed by atoms with Crippen LogP contribution < -0.4 is 10.1 Å². The van der Waals surface area contributed by atoms with Gasteiger partial charge in [-0.2, -0.15) is 0 Å². The summed E-state index contributed by atoms with van der Waals surface area (Å²) in [6.07, 6.45) is 0. The molecule has 0 spiro atoms. The van der Waals surface area contributed by atoms with Gasteiger partial charge >= 0.3 is 0 Å². The number of nitrogens with zero attached hydrogens (tertiary/aromatic N) is 1. The summed E-state index contributed by atoms with van der Waals surface area (Å²) in [7, 11) is 1.68. The first-order valence-electron chi connectivity index (χ1n) is 6.49. The van der Waals surface area contributed by atoms with Gasteiger partial charge in [0.1, 0.15) is 11.3 Å². The molecule has 0 aliphatic heterocycles. The molecule has 0 fully saturated rings. The van der Waals surface area contributed by atoms with Crippen molar-refractivity contribution in [1.29, 1.82) is 0 Å². The van der Waals surface area contributed by atoms with E-state index in [-0.39, 0.29) is 0 Å². The van der Waals surface area contributed by atoms with Crippen molar-refractivity contribution in [3.63, 3.8) is 0 Å². The normalized spacial score (nSPS) is 10.7. The van der Waals surface area contributed by atoms with Crippen molar-refractivity contribution in [3.8, 4) is 5.75 Å². The molecule has 0 amide bonds. The van der Waals surface area contributed by atoms with Crippen LogP contribution in [0.2, 0.25) is 0 Å². The van der Waals surface area contributed by atoms with Gasteiger partial charge in [0.05, 0.1) is 7.11 Å². The molecular formula is C16H16N2O2. The summed E-state index contributed by atoms with van der Waals surface area (Å²) >= 11 is 0. The molecule has 0 radical (unpaired) electrons. The van der Waals surface area contributed by atoms with Gasteiger partial charge in [-0.05, 0) is 24.3 Å². The summed E-state index contributed by atoms with van der Waals surface area (Å²) in [5.74, 6) is 1.57. The Morgan fingerprint density at radius 2 is 2.05 bits per heavy atom. The molecule has 2 aromatic carbocycles. The van der Waals surface area contributed by atoms with Crippen molar-refractivity contribution in [2.75, 3.05) is 12.4 Å². The molecule has 1 heterocycles. The molecule has 0 bridgehead atoms. The van der Waals surface area contributed by atoms with Gasteiger partial charge in [-0.1, -0.05) is 18.2 Å². The van der Waals surface area contributed by atoms with Crippen LogP contribution in [0.25, 0.3) is 11.1 Å². The molecule has 3 aromatic rings. The summed E-state index contributed by atoms with van der Waals surface area (Å²) in [4.78, 5) is 4.33. The standard InChI is InChI=1S/C16H16N2O2/c1-11-18-14-9-13(7-8-16(14)20-11)17-10-12-5-3-4-6-15(12)19-2/h3-9,17H,10H2,1-2H3. The molecule has 0 aliphatic carbocycles. The largest absolute Gasteiger partial charge is 0.496 e. The smallest absolute Gasteiger partial charge is 0.192 e. The predicted octanol–water partition coefficient (Wildman–Crippen LogP) is 3.76. The van der Waals surface area contributed by atoms with E-state index in [1.54, 1.807) is 7.11 Å². The SMILES string of the molecule is COc1ccccc1CNc1ccc2oc(C)nc2c1. The minimum absolute atomic E-state index is 0.682. The number of aryl methyl sites for hydroxylation is 1. The first kappa shape index (κ1) is 12.5. The van der Waals surface area contributed by atoms with Crippen LogP contribution in [0.5, 0.6) is 5.75 Å². The maximum absolute atomic E-state index is 5.46. The maximum atomic E-state index is 5.46. The van der Waals surface area contributed by atoms with E-state index >= 15 is 0 Å². The fourth-order valence-electron chi connectivity index (χ4n) is 2.20. The summed E-state index contributed by atoms with van der Waals surface area (Å²) < 4.78 is 10.8. The molecular weight excluding hydrogens is 252 g/mol. The number of methoxy groups -OCH3 is 1. The van der Waals surface area contributed by atoms with Gasteiger partial charge in [-0.3, -0.25) is 0 Å². The van der Waals surface area contributed by atoms with Gasteiger partial charge in [0, 0.05) is 24.7 Å². The van der Waals surface area contributed by atoms with E-state index in [1.807, 2.05) is 49.4 Å². The quantitative estimate of drug-likeness (QED) is 0.782. The molecule has 3 rings (SSSR count). The zero-order chi connectivity index (χ0) is 13.9. The van der Waals surface area contributed by atoms with E-state index in [0.29, 0.717) is 12.4 Å². The van der Waals surface area contributed by atoms with Crippen molar-refractivity contribution >= 4 is 16.8 Å². The van der Waals surface area contributed by atoms with E-state index in [9.17, 15) is 0 Å². The third kappa shape index (κ3) is 2.45. The molecule has 0 saturated heterocycles. The topological polar surface area (TPSA) is 47.3 Å². The first-order valence-corrected chi connectivity index (χ1v) is 6.49. The summed E-state index contributed by atoms with van der Waals surface area (Å²) in [6, 6.07) is 13.9. The second-order valence-electron chi connectivity index (χ2n) is 4.58. The van der Waals surface area contributed by atoms with Crippen LogP contribution in [0.4, 0.5) is 5.69 Å². The molecule has 1 N–H and O–H groups in total. The van der Waals surface area contributed by atoms with Crippen LogP contribution in [0.1, 0.15) is 11.5 Å². The van der Waals surface area contributed by atoms with Crippen molar-refractivity contribution in [3.05, 3.63) is 53.9 Å². The molecule has 20 heavy (non-hydrogen) atoms. The fraction of sp³-hybridized carbons (Fsp3) is 0.188. The van der Waals surface area contributed by atoms with Gasteiger partial charge in [0.15, 0.2) is 11.5 Å². The minimum atomic E-state index is 0.682. The maximum Gasteiger partial charge on any atom is 0.192 e. The van der Waals surface area contributed by atoms with E-state index in [1.165, 1.54) is 0 Å². The van der Waals surface area contributed by atoms with Gasteiger partial charge in [-0.15, -0.1) is 0 Å². The highest BCUT2D eigenvalue weighted by molar-refractivity contribution is 5.77. The van der Waals surface area contributed by atoms with Crippen molar-refractivity contribution < 1.29 is 9.15 Å². The Balaban J connectivity index is 1.79. The average molecular weight is 268 g/mol. The highest BCUT2D eigenvalue weighted by Gasteiger charge is 2.04. The Kier molecular flexibility index (Phi) is 3.29. The van der Waals surface area contributed by atoms with E-state index in [2.05, 4.69) is 10.3 Å². The van der Waals surface area contributed by atoms with Crippen LogP contribution >= 0.6 is 0 Å². The predicted molar refractivity (Wildman–Crippen MR) is 79.1 cm³/mol. The number of fused-ring (bicyclic) bond motifs is 1. The lowest BCUT2D eigenvalue weighted by atomic mass is 10.2. The van der Waals surface area contributed by atoms with E-state index in [0.717, 1.165) is 28.1 Å². The van der Waals surface area contributed by atoms with Crippen LogP contribution in [0.15, 0.2) is 46.9 Å². The number of ether oxygens (including phenoxy) is 1. The lowest BCUT2D eigenvalue weighted by Crippen LogP contribution is -2.01. The zero-order valence-corrected chi connectivity index (χ0v) is 11.5. The van der Waals surface area contributed by atoms with Crippen LogP contribution in [0, 0.1) is 6.92 Å². The number of anilines is 1. The number of benzene rings is 2. The number of para-hydroxylation sites is 1. The third-order valence-corrected chi connectivity index (χ3v) is 3.17. The number of hydrogen-bond acceptors (Lipinski definition) is 4. The number of rotatable bonds is 4. The van der Waals surface area contributed by atoms with Crippen LogP contribution in [0.3, 0.4) is 0 Å². The van der Waals surface area contributed by atoms with Crippen LogP contribution in [-0.4, -0.2) is 12.1 Å². The molecule has 1 aromatic heterocycles. The molecule has 0 saturated carbocycles. The Bertz CT molecular complexity index is 734. The molecule has 102 valence electrons. The Hall–Kier alpha value is -2.49. The van der Waals surface area contributed by atoms with Gasteiger partial charge in [0.2, 0.25) is 0 Å². The van der Waals surface area contributed by atoms with Crippen molar-refractivity contribution in [2.45, 2.75) is 13.5 Å².